The fourth-order valence-corrected chi connectivity index (χ4v) is 3.87. The molecule has 0 amide bonds. The Kier molecular flexibility index (Phi) is 6.95. The Bertz CT molecular complexity index is 729. The minimum Gasteiger partial charge on any atom is -0.299 e. The molecule has 2 atom stereocenters. The maximum absolute atomic E-state index is 12.2. The molecule has 1 fully saturated rings. The lowest BCUT2D eigenvalue weighted by Crippen LogP contribution is -2.13. The molecular weight excluding hydrogens is 348 g/mol. The summed E-state index contributed by atoms with van der Waals surface area (Å²) in [6.07, 6.45) is 12.3. The van der Waals surface area contributed by atoms with Gasteiger partial charge in [0.1, 0.15) is 5.78 Å². The molecule has 1 N–H and O–H groups in total. The highest BCUT2D eigenvalue weighted by Gasteiger charge is 2.32. The van der Waals surface area contributed by atoms with Crippen molar-refractivity contribution in [2.24, 2.45) is 11.8 Å². The van der Waals surface area contributed by atoms with Gasteiger partial charge in [-0.1, -0.05) is 60.4 Å². The Labute approximate surface area is 159 Å². The van der Waals surface area contributed by atoms with Crippen molar-refractivity contribution in [2.45, 2.75) is 51.4 Å². The number of aryl methyl sites for hydroxylation is 1. The van der Waals surface area contributed by atoms with Crippen LogP contribution in [0, 0.1) is 11.8 Å². The normalized spacial score (nSPS) is 20.3. The number of unbranched alkanes of at least 4 members (excludes halogenated alkanes) is 3. The van der Waals surface area contributed by atoms with E-state index >= 15 is 0 Å². The maximum Gasteiger partial charge on any atom is 0.174 e. The number of allylic oxidation sites excluding steroid dienone is 1. The van der Waals surface area contributed by atoms with Gasteiger partial charge in [0.05, 0.1) is 0 Å². The van der Waals surface area contributed by atoms with E-state index < -0.39 is 0 Å². The van der Waals surface area contributed by atoms with Gasteiger partial charge in [-0.2, -0.15) is 5.21 Å². The number of carbonyl (C=O) groups excluding carboxylic acids is 1. The number of Topliss-reactive ketones (excluding diaryl/α,β-unsaturated/α-hetero) is 1. The Morgan fingerprint density at radius 1 is 1.23 bits per heavy atom. The third-order valence-corrected chi connectivity index (χ3v) is 5.33. The first kappa shape index (κ1) is 18.8. The van der Waals surface area contributed by atoms with E-state index in [2.05, 4.69) is 32.8 Å². The van der Waals surface area contributed by atoms with Gasteiger partial charge < -0.3 is 0 Å². The number of carbonyl (C=O) groups is 1. The third kappa shape index (κ3) is 5.49. The second kappa shape index (κ2) is 9.62. The van der Waals surface area contributed by atoms with Crippen LogP contribution in [0.2, 0.25) is 5.02 Å². The maximum atomic E-state index is 12.2. The number of nitrogens with one attached hydrogen (secondary N) is 1. The predicted molar refractivity (Wildman–Crippen MR) is 103 cm³/mol. The molecule has 3 rings (SSSR count). The Balaban J connectivity index is 1.41. The van der Waals surface area contributed by atoms with E-state index in [9.17, 15) is 4.79 Å². The van der Waals surface area contributed by atoms with Gasteiger partial charge in [0.25, 0.3) is 0 Å². The second-order valence-electron chi connectivity index (χ2n) is 6.97. The number of aromatic amines is 1. The molecule has 138 valence electrons. The molecule has 1 saturated carbocycles. The van der Waals surface area contributed by atoms with Gasteiger partial charge in [-0.25, -0.2) is 0 Å². The number of tetrazole rings is 1. The Morgan fingerprint density at radius 3 is 2.92 bits per heavy atom. The summed E-state index contributed by atoms with van der Waals surface area (Å²) in [6, 6.07) is 7.82. The van der Waals surface area contributed by atoms with Crippen molar-refractivity contribution < 1.29 is 4.79 Å². The summed E-state index contributed by atoms with van der Waals surface area (Å²) in [5.74, 6) is 1.75. The molecule has 0 spiro atoms. The zero-order valence-corrected chi connectivity index (χ0v) is 15.7. The first-order valence-electron chi connectivity index (χ1n) is 9.41. The zero-order valence-electron chi connectivity index (χ0n) is 14.9. The molecule has 2 unspecified atom stereocenters. The quantitative estimate of drug-likeness (QED) is 0.650. The van der Waals surface area contributed by atoms with E-state index in [1.165, 1.54) is 0 Å². The molecule has 6 heteroatoms. The molecule has 2 aromatic rings. The van der Waals surface area contributed by atoms with Crippen LogP contribution in [-0.2, 0) is 11.2 Å². The molecule has 0 saturated heterocycles. The molecule has 1 aliphatic rings. The summed E-state index contributed by atoms with van der Waals surface area (Å²) >= 11 is 6.03. The van der Waals surface area contributed by atoms with Crippen molar-refractivity contribution in [1.29, 1.82) is 0 Å². The van der Waals surface area contributed by atoms with Crippen LogP contribution in [-0.4, -0.2) is 26.4 Å². The number of hydrogen-bond donors (Lipinski definition) is 1. The van der Waals surface area contributed by atoms with E-state index in [1.807, 2.05) is 24.3 Å². The van der Waals surface area contributed by atoms with Crippen molar-refractivity contribution in [3.05, 3.63) is 46.8 Å². The van der Waals surface area contributed by atoms with Crippen LogP contribution in [0.4, 0.5) is 0 Å². The van der Waals surface area contributed by atoms with Crippen LogP contribution in [0.5, 0.6) is 0 Å². The lowest BCUT2D eigenvalue weighted by Gasteiger charge is -2.14. The standard InChI is InChI=1S/C20H25ClN4O/c21-17-7-5-6-15(14-17)10-11-16-12-13-19(26)18(16)8-3-1-2-4-9-20-22-24-25-23-20/h5-7,10-11,14,16,18H,1-4,8-9,12-13H2,(H,22,23,24,25)/b11-10+. The van der Waals surface area contributed by atoms with Gasteiger partial charge in [-0.15, -0.1) is 10.2 Å². The highest BCUT2D eigenvalue weighted by Crippen LogP contribution is 2.34. The topological polar surface area (TPSA) is 71.5 Å². The van der Waals surface area contributed by atoms with Gasteiger partial charge in [0.2, 0.25) is 0 Å². The number of aromatic nitrogens is 4. The number of ketones is 1. The van der Waals surface area contributed by atoms with Crippen molar-refractivity contribution in [2.75, 3.05) is 0 Å². The number of halogens is 1. The summed E-state index contributed by atoms with van der Waals surface area (Å²) < 4.78 is 0. The van der Waals surface area contributed by atoms with Crippen molar-refractivity contribution in [3.63, 3.8) is 0 Å². The average Bonchev–Trinajstić information content (AvgIpc) is 3.27. The molecule has 1 aromatic carbocycles. The van der Waals surface area contributed by atoms with Crippen LogP contribution in [0.15, 0.2) is 30.3 Å². The van der Waals surface area contributed by atoms with E-state index in [0.717, 1.165) is 61.4 Å². The monoisotopic (exact) mass is 372 g/mol. The van der Waals surface area contributed by atoms with Gasteiger partial charge in [0, 0.05) is 23.8 Å². The molecular formula is C20H25ClN4O. The summed E-state index contributed by atoms with van der Waals surface area (Å²) in [4.78, 5) is 12.2. The molecule has 0 bridgehead atoms. The summed E-state index contributed by atoms with van der Waals surface area (Å²) in [6.45, 7) is 0. The van der Waals surface area contributed by atoms with Crippen molar-refractivity contribution in [1.82, 2.24) is 20.6 Å². The number of hydrogen-bond acceptors (Lipinski definition) is 4. The fourth-order valence-electron chi connectivity index (χ4n) is 3.67. The van der Waals surface area contributed by atoms with Crippen LogP contribution in [0.1, 0.15) is 56.3 Å². The van der Waals surface area contributed by atoms with Crippen molar-refractivity contribution >= 4 is 23.5 Å². The van der Waals surface area contributed by atoms with Crippen LogP contribution >= 0.6 is 11.6 Å². The minimum atomic E-state index is 0.183. The zero-order chi connectivity index (χ0) is 18.2. The first-order valence-corrected chi connectivity index (χ1v) is 9.79. The number of benzene rings is 1. The van der Waals surface area contributed by atoms with E-state index in [0.29, 0.717) is 18.1 Å². The first-order chi connectivity index (χ1) is 12.7. The SMILES string of the molecule is O=C1CCC(/C=C/c2cccc(Cl)c2)C1CCCCCCc1nn[nH]n1. The van der Waals surface area contributed by atoms with Gasteiger partial charge in [0.15, 0.2) is 5.82 Å². The Morgan fingerprint density at radius 2 is 2.12 bits per heavy atom. The molecule has 26 heavy (non-hydrogen) atoms. The third-order valence-electron chi connectivity index (χ3n) is 5.09. The second-order valence-corrected chi connectivity index (χ2v) is 7.41. The number of nitrogens with zero attached hydrogens (tertiary/aromatic N) is 3. The average molecular weight is 373 g/mol. The highest BCUT2D eigenvalue weighted by molar-refractivity contribution is 6.30. The van der Waals surface area contributed by atoms with Gasteiger partial charge >= 0.3 is 0 Å². The lowest BCUT2D eigenvalue weighted by molar-refractivity contribution is -0.121. The molecule has 1 heterocycles. The highest BCUT2D eigenvalue weighted by atomic mass is 35.5. The number of rotatable bonds is 9. The summed E-state index contributed by atoms with van der Waals surface area (Å²) in [7, 11) is 0. The van der Waals surface area contributed by atoms with E-state index in [4.69, 9.17) is 11.6 Å². The summed E-state index contributed by atoms with van der Waals surface area (Å²) in [5, 5.41) is 14.7. The Hall–Kier alpha value is -2.01. The van der Waals surface area contributed by atoms with Gasteiger partial charge in [-0.3, -0.25) is 4.79 Å². The van der Waals surface area contributed by atoms with Crippen molar-refractivity contribution in [3.8, 4) is 0 Å². The molecule has 0 aliphatic heterocycles. The number of H-pyrrole nitrogens is 1. The van der Waals surface area contributed by atoms with Crippen LogP contribution < -0.4 is 0 Å². The predicted octanol–water partition coefficient (Wildman–Crippen LogP) is 4.65. The summed E-state index contributed by atoms with van der Waals surface area (Å²) in [5.41, 5.74) is 1.09. The molecule has 1 aromatic heterocycles. The molecule has 5 nitrogen and oxygen atoms in total. The van der Waals surface area contributed by atoms with Gasteiger partial charge in [-0.05, 0) is 42.9 Å². The van der Waals surface area contributed by atoms with E-state index in [1.54, 1.807) is 0 Å². The lowest BCUT2D eigenvalue weighted by atomic mass is 9.89. The fraction of sp³-hybridized carbons (Fsp3) is 0.500. The largest absolute Gasteiger partial charge is 0.299 e. The van der Waals surface area contributed by atoms with Crippen LogP contribution in [0.25, 0.3) is 6.08 Å². The molecule has 0 radical (unpaired) electrons. The minimum absolute atomic E-state index is 0.183. The molecule has 1 aliphatic carbocycles. The smallest absolute Gasteiger partial charge is 0.174 e. The van der Waals surface area contributed by atoms with Crippen LogP contribution in [0.3, 0.4) is 0 Å². The van der Waals surface area contributed by atoms with E-state index in [-0.39, 0.29) is 5.92 Å².